The van der Waals surface area contributed by atoms with Gasteiger partial charge in [-0.2, -0.15) is 10.2 Å². The molecule has 0 bridgehead atoms. The summed E-state index contributed by atoms with van der Waals surface area (Å²) in [5, 5.41) is 11.7. The Labute approximate surface area is 109 Å². The molecule has 0 radical (unpaired) electrons. The van der Waals surface area contributed by atoms with Crippen molar-refractivity contribution in [3.63, 3.8) is 0 Å². The molecule has 18 heavy (non-hydrogen) atoms. The summed E-state index contributed by atoms with van der Waals surface area (Å²) >= 11 is 0. The second kappa shape index (κ2) is 6.25. The molecule has 1 fully saturated rings. The maximum Gasteiger partial charge on any atom is 0.0648 e. The third kappa shape index (κ3) is 3.27. The van der Waals surface area contributed by atoms with Crippen molar-refractivity contribution in [1.29, 1.82) is 0 Å². The van der Waals surface area contributed by atoms with Gasteiger partial charge in [-0.15, -0.1) is 0 Å². The lowest BCUT2D eigenvalue weighted by atomic mass is 9.98. The van der Waals surface area contributed by atoms with E-state index in [1.807, 2.05) is 20.9 Å². The van der Waals surface area contributed by atoms with Crippen LogP contribution in [-0.4, -0.2) is 30.0 Å². The van der Waals surface area contributed by atoms with Crippen LogP contribution in [0.2, 0.25) is 0 Å². The first kappa shape index (κ1) is 13.4. The van der Waals surface area contributed by atoms with E-state index in [4.69, 9.17) is 4.74 Å². The van der Waals surface area contributed by atoms with Gasteiger partial charge in [-0.05, 0) is 58.2 Å². The monoisotopic (exact) mass is 249 g/mol. The minimum absolute atomic E-state index is 0.350. The van der Waals surface area contributed by atoms with Crippen molar-refractivity contribution in [2.75, 3.05) is 13.7 Å². The molecule has 2 atom stereocenters. The molecule has 2 heterocycles. The lowest BCUT2D eigenvalue weighted by Crippen LogP contribution is -2.20. The molecule has 1 aliphatic rings. The highest BCUT2D eigenvalue weighted by Gasteiger charge is 2.19. The van der Waals surface area contributed by atoms with Crippen molar-refractivity contribution in [1.82, 2.24) is 15.5 Å². The number of aromatic nitrogens is 2. The maximum absolute atomic E-state index is 5.68. The van der Waals surface area contributed by atoms with Crippen LogP contribution in [0.3, 0.4) is 0 Å². The van der Waals surface area contributed by atoms with Gasteiger partial charge in [-0.3, -0.25) is 0 Å². The normalized spacial score (nSPS) is 21.2. The van der Waals surface area contributed by atoms with Crippen LogP contribution in [0.15, 0.2) is 6.07 Å². The molecule has 1 N–H and O–H groups in total. The summed E-state index contributed by atoms with van der Waals surface area (Å²) < 4.78 is 5.68. The number of nitrogens with one attached hydrogen (secondary N) is 1. The molecule has 0 saturated carbocycles. The first-order valence-corrected chi connectivity index (χ1v) is 6.80. The molecule has 1 aromatic heterocycles. The Kier molecular flexibility index (Phi) is 4.66. The standard InChI is InChI=1S/C14H23N3O/c1-10-9-13(11(2)17-16-10)14(15-3)7-6-12-5-4-8-18-12/h9,12,14-15H,4-8H2,1-3H3. The summed E-state index contributed by atoms with van der Waals surface area (Å²) in [6.45, 7) is 4.95. The number of ether oxygens (including phenoxy) is 1. The van der Waals surface area contributed by atoms with E-state index in [1.54, 1.807) is 0 Å². The lowest BCUT2D eigenvalue weighted by molar-refractivity contribution is 0.0998. The lowest BCUT2D eigenvalue weighted by Gasteiger charge is -2.20. The molecule has 2 unspecified atom stereocenters. The van der Waals surface area contributed by atoms with Gasteiger partial charge in [0.05, 0.1) is 17.5 Å². The van der Waals surface area contributed by atoms with E-state index < -0.39 is 0 Å². The fraction of sp³-hybridized carbons (Fsp3) is 0.714. The van der Waals surface area contributed by atoms with Crippen molar-refractivity contribution >= 4 is 0 Å². The van der Waals surface area contributed by atoms with Crippen molar-refractivity contribution < 1.29 is 4.74 Å². The number of hydrogen-bond donors (Lipinski definition) is 1. The zero-order chi connectivity index (χ0) is 13.0. The summed E-state index contributed by atoms with van der Waals surface area (Å²) in [7, 11) is 2.01. The molecule has 0 aliphatic carbocycles. The first-order chi connectivity index (χ1) is 8.70. The van der Waals surface area contributed by atoms with Crippen molar-refractivity contribution in [2.24, 2.45) is 0 Å². The highest BCUT2D eigenvalue weighted by Crippen LogP contribution is 2.25. The van der Waals surface area contributed by atoms with E-state index in [0.717, 1.165) is 30.8 Å². The molecular formula is C14H23N3O. The van der Waals surface area contributed by atoms with Crippen LogP contribution in [0.25, 0.3) is 0 Å². The van der Waals surface area contributed by atoms with Crippen LogP contribution >= 0.6 is 0 Å². The van der Waals surface area contributed by atoms with Gasteiger partial charge in [-0.25, -0.2) is 0 Å². The van der Waals surface area contributed by atoms with Crippen LogP contribution < -0.4 is 5.32 Å². The summed E-state index contributed by atoms with van der Waals surface area (Å²) in [6, 6.07) is 2.49. The average Bonchev–Trinajstić information content (AvgIpc) is 2.87. The van der Waals surface area contributed by atoms with Crippen LogP contribution in [0.5, 0.6) is 0 Å². The maximum atomic E-state index is 5.68. The average molecular weight is 249 g/mol. The Morgan fingerprint density at radius 2 is 2.28 bits per heavy atom. The number of aryl methyl sites for hydroxylation is 2. The van der Waals surface area contributed by atoms with E-state index in [0.29, 0.717) is 12.1 Å². The van der Waals surface area contributed by atoms with E-state index in [-0.39, 0.29) is 0 Å². The fourth-order valence-corrected chi connectivity index (χ4v) is 2.60. The highest BCUT2D eigenvalue weighted by molar-refractivity contribution is 5.23. The number of rotatable bonds is 5. The van der Waals surface area contributed by atoms with E-state index in [2.05, 4.69) is 21.6 Å². The van der Waals surface area contributed by atoms with E-state index in [9.17, 15) is 0 Å². The Hall–Kier alpha value is -1.00. The molecule has 1 aliphatic heterocycles. The zero-order valence-corrected chi connectivity index (χ0v) is 11.6. The van der Waals surface area contributed by atoms with Gasteiger partial charge < -0.3 is 10.1 Å². The summed E-state index contributed by atoms with van der Waals surface area (Å²) in [4.78, 5) is 0. The third-order valence-corrected chi connectivity index (χ3v) is 3.67. The predicted octanol–water partition coefficient (Wildman–Crippen LogP) is 2.31. The van der Waals surface area contributed by atoms with Gasteiger partial charge in [0.15, 0.2) is 0 Å². The van der Waals surface area contributed by atoms with Crippen LogP contribution in [-0.2, 0) is 4.74 Å². The topological polar surface area (TPSA) is 47.0 Å². The van der Waals surface area contributed by atoms with Gasteiger partial charge in [0.1, 0.15) is 0 Å². The Morgan fingerprint density at radius 1 is 1.44 bits per heavy atom. The Morgan fingerprint density at radius 3 is 2.94 bits per heavy atom. The molecule has 1 aromatic rings. The smallest absolute Gasteiger partial charge is 0.0648 e. The Balaban J connectivity index is 2.00. The van der Waals surface area contributed by atoms with E-state index in [1.165, 1.54) is 18.4 Å². The minimum atomic E-state index is 0.350. The molecule has 0 aromatic carbocycles. The van der Waals surface area contributed by atoms with Crippen molar-refractivity contribution in [3.8, 4) is 0 Å². The summed E-state index contributed by atoms with van der Waals surface area (Å²) in [5.41, 5.74) is 3.27. The second-order valence-electron chi connectivity index (χ2n) is 5.08. The van der Waals surface area contributed by atoms with Crippen LogP contribution in [0, 0.1) is 13.8 Å². The van der Waals surface area contributed by atoms with Crippen LogP contribution in [0.4, 0.5) is 0 Å². The second-order valence-corrected chi connectivity index (χ2v) is 5.08. The van der Waals surface area contributed by atoms with Crippen LogP contribution in [0.1, 0.15) is 48.7 Å². The van der Waals surface area contributed by atoms with Gasteiger partial charge in [0.2, 0.25) is 0 Å². The van der Waals surface area contributed by atoms with Gasteiger partial charge in [0, 0.05) is 12.6 Å². The van der Waals surface area contributed by atoms with Gasteiger partial charge in [-0.1, -0.05) is 0 Å². The molecular weight excluding hydrogens is 226 g/mol. The molecule has 4 nitrogen and oxygen atoms in total. The quantitative estimate of drug-likeness (QED) is 0.870. The highest BCUT2D eigenvalue weighted by atomic mass is 16.5. The Bertz CT molecular complexity index is 389. The van der Waals surface area contributed by atoms with Crippen molar-refractivity contribution in [2.45, 2.75) is 51.7 Å². The molecule has 0 amide bonds. The number of nitrogens with zero attached hydrogens (tertiary/aromatic N) is 2. The minimum Gasteiger partial charge on any atom is -0.378 e. The zero-order valence-electron chi connectivity index (χ0n) is 11.6. The van der Waals surface area contributed by atoms with Gasteiger partial charge in [0.25, 0.3) is 0 Å². The molecule has 4 heteroatoms. The molecule has 1 saturated heterocycles. The third-order valence-electron chi connectivity index (χ3n) is 3.67. The molecule has 0 spiro atoms. The SMILES string of the molecule is CNC(CCC1CCCO1)c1cc(C)nnc1C. The predicted molar refractivity (Wildman–Crippen MR) is 71.5 cm³/mol. The first-order valence-electron chi connectivity index (χ1n) is 6.80. The molecule has 2 rings (SSSR count). The van der Waals surface area contributed by atoms with E-state index >= 15 is 0 Å². The summed E-state index contributed by atoms with van der Waals surface area (Å²) in [5.74, 6) is 0. The van der Waals surface area contributed by atoms with Crippen molar-refractivity contribution in [3.05, 3.63) is 23.0 Å². The largest absolute Gasteiger partial charge is 0.378 e. The van der Waals surface area contributed by atoms with Gasteiger partial charge >= 0.3 is 0 Å². The fourth-order valence-electron chi connectivity index (χ4n) is 2.60. The summed E-state index contributed by atoms with van der Waals surface area (Å²) in [6.07, 6.45) is 5.09. The molecule has 100 valence electrons. The number of hydrogen-bond acceptors (Lipinski definition) is 4.